The normalized spacial score (nSPS) is 18.7. The second kappa shape index (κ2) is 5.72. The van der Waals surface area contributed by atoms with Gasteiger partial charge in [-0.25, -0.2) is 0 Å². The lowest BCUT2D eigenvalue weighted by Crippen LogP contribution is -2.46. The van der Waals surface area contributed by atoms with E-state index in [1.54, 1.807) is 19.1 Å². The summed E-state index contributed by atoms with van der Waals surface area (Å²) in [4.78, 5) is 13.0. The van der Waals surface area contributed by atoms with Crippen LogP contribution in [0.3, 0.4) is 0 Å². The summed E-state index contributed by atoms with van der Waals surface area (Å²) in [6.07, 6.45) is -0.0994. The third-order valence-corrected chi connectivity index (χ3v) is 5.21. The van der Waals surface area contributed by atoms with Gasteiger partial charge in [-0.3, -0.25) is 4.79 Å². The summed E-state index contributed by atoms with van der Waals surface area (Å²) in [5, 5.41) is 22.0. The number of para-hydroxylation sites is 1. The predicted molar refractivity (Wildman–Crippen MR) is 99.0 cm³/mol. The van der Waals surface area contributed by atoms with Crippen LogP contribution in [0.5, 0.6) is 11.5 Å². The number of ether oxygens (including phenoxy) is 2. The molecule has 2 N–H and O–H groups in total. The van der Waals surface area contributed by atoms with Crippen LogP contribution in [0.2, 0.25) is 0 Å². The molecule has 0 unspecified atom stereocenters. The van der Waals surface area contributed by atoms with E-state index < -0.39 is 11.7 Å². The van der Waals surface area contributed by atoms with Crippen molar-refractivity contribution >= 4 is 21.8 Å². The summed E-state index contributed by atoms with van der Waals surface area (Å²) in [7, 11) is 3.39. The number of hydrogen-bond donors (Lipinski definition) is 2. The maximum Gasteiger partial charge on any atom is 0.200 e. The number of nitrogens with zero attached hydrogens (tertiary/aromatic N) is 1. The molecule has 0 bridgehead atoms. The lowest BCUT2D eigenvalue weighted by atomic mass is 9.94. The summed E-state index contributed by atoms with van der Waals surface area (Å²) in [6, 6.07) is 8.78. The Hall–Kier alpha value is -2.57. The van der Waals surface area contributed by atoms with Crippen LogP contribution < -0.4 is 10.2 Å². The average molecular weight is 355 g/mol. The molecule has 0 fully saturated rings. The molecule has 0 radical (unpaired) electrons. The first kappa shape index (κ1) is 16.9. The molecule has 0 saturated carbocycles. The number of benzene rings is 2. The summed E-state index contributed by atoms with van der Waals surface area (Å²) in [6.45, 7) is 1.78. The Morgan fingerprint density at radius 1 is 1.38 bits per heavy atom. The molecule has 3 aromatic rings. The van der Waals surface area contributed by atoms with Gasteiger partial charge in [0.15, 0.2) is 0 Å². The number of aromatic hydroxyl groups is 1. The van der Waals surface area contributed by atoms with E-state index in [4.69, 9.17) is 9.47 Å². The molecule has 0 saturated heterocycles. The highest BCUT2D eigenvalue weighted by Gasteiger charge is 2.40. The van der Waals surface area contributed by atoms with E-state index in [9.17, 15) is 15.0 Å². The summed E-state index contributed by atoms with van der Waals surface area (Å²) in [5.74, 6) is 0.374. The van der Waals surface area contributed by atoms with Crippen LogP contribution in [-0.4, -0.2) is 40.2 Å². The first-order valence-electron chi connectivity index (χ1n) is 8.49. The highest BCUT2D eigenvalue weighted by Crippen LogP contribution is 2.41. The Kier molecular flexibility index (Phi) is 3.71. The number of fused-ring (bicyclic) bond motifs is 4. The molecular formula is C20H21NO5. The largest absolute Gasteiger partial charge is 0.507 e. The van der Waals surface area contributed by atoms with Crippen LogP contribution in [0.25, 0.3) is 21.8 Å². The van der Waals surface area contributed by atoms with Crippen molar-refractivity contribution in [3.8, 4) is 11.5 Å². The Morgan fingerprint density at radius 2 is 2.12 bits per heavy atom. The van der Waals surface area contributed by atoms with E-state index in [-0.39, 0.29) is 23.2 Å². The van der Waals surface area contributed by atoms with Crippen LogP contribution in [0, 0.1) is 0 Å². The molecule has 2 atom stereocenters. The van der Waals surface area contributed by atoms with E-state index in [1.807, 2.05) is 23.7 Å². The van der Waals surface area contributed by atoms with Gasteiger partial charge in [-0.15, -0.1) is 0 Å². The molecular weight excluding hydrogens is 334 g/mol. The average Bonchev–Trinajstić information content (AvgIpc) is 3.03. The molecule has 1 aromatic heterocycles. The van der Waals surface area contributed by atoms with Gasteiger partial charge in [0, 0.05) is 37.6 Å². The zero-order valence-corrected chi connectivity index (χ0v) is 14.9. The number of phenolic OH excluding ortho intramolecular Hbond substituents is 1. The maximum atomic E-state index is 13.0. The molecule has 2 heterocycles. The van der Waals surface area contributed by atoms with Crippen molar-refractivity contribution in [2.75, 3.05) is 13.7 Å². The molecule has 2 aromatic carbocycles. The van der Waals surface area contributed by atoms with Crippen molar-refractivity contribution in [2.24, 2.45) is 7.05 Å². The van der Waals surface area contributed by atoms with E-state index in [1.165, 1.54) is 13.2 Å². The second-order valence-electron chi connectivity index (χ2n) is 7.10. The first-order valence-corrected chi connectivity index (χ1v) is 8.49. The van der Waals surface area contributed by atoms with Gasteiger partial charge in [0.05, 0.1) is 23.0 Å². The Balaban J connectivity index is 2.01. The number of pyridine rings is 1. The second-order valence-corrected chi connectivity index (χ2v) is 7.10. The molecule has 1 aliphatic heterocycles. The zero-order chi connectivity index (χ0) is 18.6. The predicted octanol–water partition coefficient (Wildman–Crippen LogP) is 2.10. The molecule has 0 aliphatic carbocycles. The Labute approximate surface area is 150 Å². The van der Waals surface area contributed by atoms with Gasteiger partial charge in [-0.2, -0.15) is 0 Å². The van der Waals surface area contributed by atoms with Crippen LogP contribution >= 0.6 is 0 Å². The molecule has 0 amide bonds. The van der Waals surface area contributed by atoms with E-state index >= 15 is 0 Å². The molecule has 26 heavy (non-hydrogen) atoms. The summed E-state index contributed by atoms with van der Waals surface area (Å²) >= 11 is 0. The standard InChI is InChI=1S/C20H21NO5/c1-20(24,10-25-3)16-8-12-15(26-16)9-14(22)17-18(12)21(2)13-7-5-4-6-11(13)19(17)23/h4-7,9,16,22,24H,8,10H2,1-3H3/t16-,20-/m0/s1. The van der Waals surface area contributed by atoms with Crippen molar-refractivity contribution in [3.05, 3.63) is 46.1 Å². The fraction of sp³-hybridized carbons (Fsp3) is 0.350. The van der Waals surface area contributed by atoms with E-state index in [0.717, 1.165) is 11.1 Å². The van der Waals surface area contributed by atoms with Gasteiger partial charge < -0.3 is 24.3 Å². The Bertz CT molecular complexity index is 1080. The number of rotatable bonds is 3. The third-order valence-electron chi connectivity index (χ3n) is 5.21. The van der Waals surface area contributed by atoms with E-state index in [2.05, 4.69) is 0 Å². The fourth-order valence-electron chi connectivity index (χ4n) is 3.89. The Morgan fingerprint density at radius 3 is 2.85 bits per heavy atom. The number of methoxy groups -OCH3 is 1. The SMILES string of the molecule is COC[C@](C)(O)[C@@H]1Cc2c(cc(O)c3c(=O)c4ccccc4n(C)c23)O1. The topological polar surface area (TPSA) is 80.9 Å². The lowest BCUT2D eigenvalue weighted by Gasteiger charge is -2.28. The fourth-order valence-corrected chi connectivity index (χ4v) is 3.89. The minimum atomic E-state index is -1.19. The van der Waals surface area contributed by atoms with Crippen LogP contribution in [0.4, 0.5) is 0 Å². The lowest BCUT2D eigenvalue weighted by molar-refractivity contribution is -0.0832. The number of phenols is 1. The van der Waals surface area contributed by atoms with E-state index in [0.29, 0.717) is 23.1 Å². The number of aromatic nitrogens is 1. The van der Waals surface area contributed by atoms with Gasteiger partial charge in [-0.05, 0) is 19.1 Å². The molecule has 136 valence electrons. The summed E-state index contributed by atoms with van der Waals surface area (Å²) < 4.78 is 12.9. The highest BCUT2D eigenvalue weighted by atomic mass is 16.5. The molecule has 6 heteroatoms. The van der Waals surface area contributed by atoms with Crippen LogP contribution in [0.15, 0.2) is 35.1 Å². The van der Waals surface area contributed by atoms with Gasteiger partial charge in [0.1, 0.15) is 23.2 Å². The minimum Gasteiger partial charge on any atom is -0.507 e. The summed E-state index contributed by atoms with van der Waals surface area (Å²) in [5.41, 5.74) is 0.834. The molecule has 1 aliphatic rings. The molecule has 0 spiro atoms. The quantitative estimate of drug-likeness (QED) is 0.703. The number of hydrogen-bond acceptors (Lipinski definition) is 5. The third kappa shape index (κ3) is 2.29. The minimum absolute atomic E-state index is 0.114. The monoisotopic (exact) mass is 355 g/mol. The van der Waals surface area contributed by atoms with Gasteiger partial charge >= 0.3 is 0 Å². The molecule has 6 nitrogen and oxygen atoms in total. The molecule has 4 rings (SSSR count). The smallest absolute Gasteiger partial charge is 0.200 e. The van der Waals surface area contributed by atoms with Crippen molar-refractivity contribution in [2.45, 2.75) is 25.0 Å². The number of aryl methyl sites for hydroxylation is 1. The van der Waals surface area contributed by atoms with Gasteiger partial charge in [0.25, 0.3) is 0 Å². The number of aliphatic hydroxyl groups is 1. The van der Waals surface area contributed by atoms with Crippen LogP contribution in [-0.2, 0) is 18.2 Å². The van der Waals surface area contributed by atoms with Crippen molar-refractivity contribution in [3.63, 3.8) is 0 Å². The highest BCUT2D eigenvalue weighted by molar-refractivity contribution is 5.99. The van der Waals surface area contributed by atoms with Crippen molar-refractivity contribution < 1.29 is 19.7 Å². The first-order chi connectivity index (χ1) is 12.3. The maximum absolute atomic E-state index is 13.0. The zero-order valence-electron chi connectivity index (χ0n) is 14.9. The van der Waals surface area contributed by atoms with Gasteiger partial charge in [-0.1, -0.05) is 12.1 Å². The van der Waals surface area contributed by atoms with Crippen molar-refractivity contribution in [1.29, 1.82) is 0 Å². The van der Waals surface area contributed by atoms with Crippen LogP contribution in [0.1, 0.15) is 12.5 Å². The van der Waals surface area contributed by atoms with Gasteiger partial charge in [0.2, 0.25) is 5.43 Å². The van der Waals surface area contributed by atoms with Crippen molar-refractivity contribution in [1.82, 2.24) is 4.57 Å².